The Balaban J connectivity index is 1.31. The van der Waals surface area contributed by atoms with Gasteiger partial charge in [0.05, 0.1) is 22.1 Å². The summed E-state index contributed by atoms with van der Waals surface area (Å²) in [4.78, 5) is 15.9. The van der Waals surface area contributed by atoms with Crippen LogP contribution in [0.4, 0.5) is 0 Å². The molecule has 262 valence electrons. The zero-order valence-electron chi connectivity index (χ0n) is 30.4. The first-order valence-electron chi connectivity index (χ1n) is 19.3. The number of rotatable bonds is 4. The largest absolute Gasteiger partial charge is 0.307 e. The number of fused-ring (bicyclic) bond motifs is 12. The Morgan fingerprint density at radius 2 is 1.04 bits per heavy atom. The van der Waals surface area contributed by atoms with Crippen LogP contribution in [0.2, 0.25) is 0 Å². The second kappa shape index (κ2) is 12.1. The molecule has 0 unspecified atom stereocenters. The highest BCUT2D eigenvalue weighted by atomic mass is 15.2. The van der Waals surface area contributed by atoms with Crippen LogP contribution in [0, 0.1) is 0 Å². The summed E-state index contributed by atoms with van der Waals surface area (Å²) >= 11 is 0. The predicted octanol–water partition coefficient (Wildman–Crippen LogP) is 12.9. The van der Waals surface area contributed by atoms with Gasteiger partial charge in [0.15, 0.2) is 11.6 Å². The smallest absolute Gasteiger partial charge is 0.238 e. The van der Waals surface area contributed by atoms with E-state index in [2.05, 4.69) is 167 Å². The minimum Gasteiger partial charge on any atom is -0.307 e. The summed E-state index contributed by atoms with van der Waals surface area (Å²) in [6.07, 6.45) is 8.30. The number of nitrogens with zero attached hydrogens (tertiary/aromatic N) is 5. The highest BCUT2D eigenvalue weighted by molar-refractivity contribution is 6.31. The van der Waals surface area contributed by atoms with Crippen LogP contribution in [0.1, 0.15) is 18.7 Å². The summed E-state index contributed by atoms with van der Waals surface area (Å²) in [6, 6.07) is 56.8. The lowest BCUT2D eigenvalue weighted by atomic mass is 10.0. The Hall–Kier alpha value is -7.37. The molecule has 5 heteroatoms. The monoisotopic (exact) mass is 715 g/mol. The summed E-state index contributed by atoms with van der Waals surface area (Å²) in [6.45, 7) is 0. The molecule has 5 nitrogen and oxygen atoms in total. The van der Waals surface area contributed by atoms with Crippen LogP contribution in [0.3, 0.4) is 0 Å². The molecule has 3 heterocycles. The van der Waals surface area contributed by atoms with Gasteiger partial charge in [-0.1, -0.05) is 152 Å². The van der Waals surface area contributed by atoms with E-state index in [0.29, 0.717) is 17.6 Å². The molecular weight excluding hydrogens is 683 g/mol. The number of benzene rings is 8. The van der Waals surface area contributed by atoms with Gasteiger partial charge < -0.3 is 4.57 Å². The molecule has 0 fully saturated rings. The molecule has 0 N–H and O–H groups in total. The molecular formula is C51H33N5. The third kappa shape index (κ3) is 4.58. The fourth-order valence-corrected chi connectivity index (χ4v) is 9.04. The first-order chi connectivity index (χ1) is 27.8. The van der Waals surface area contributed by atoms with Crippen molar-refractivity contribution in [3.63, 3.8) is 0 Å². The summed E-state index contributed by atoms with van der Waals surface area (Å²) in [5.41, 5.74) is 7.57. The van der Waals surface area contributed by atoms with E-state index in [1.165, 1.54) is 48.5 Å². The average Bonchev–Trinajstić information content (AvgIpc) is 3.80. The molecule has 8 aromatic carbocycles. The fourth-order valence-electron chi connectivity index (χ4n) is 9.04. The molecule has 0 saturated heterocycles. The van der Waals surface area contributed by atoms with E-state index >= 15 is 0 Å². The van der Waals surface area contributed by atoms with E-state index < -0.39 is 0 Å². The van der Waals surface area contributed by atoms with Gasteiger partial charge in [-0.2, -0.15) is 9.97 Å². The number of hydrogen-bond donors (Lipinski definition) is 0. The SMILES string of the molecule is C1=CCCC(c2nc(-c3ccccc3)nc(-n3c4ccc5ccccc5c4c4ccc5c6c7ccccc7ccc6n(-c6ccc7ccccc7c6)c5c43)n2)=C1. The van der Waals surface area contributed by atoms with Crippen LogP contribution in [-0.4, -0.2) is 24.1 Å². The predicted molar refractivity (Wildman–Crippen MR) is 233 cm³/mol. The average molecular weight is 716 g/mol. The van der Waals surface area contributed by atoms with Crippen LogP contribution in [-0.2, 0) is 0 Å². The van der Waals surface area contributed by atoms with E-state index in [0.717, 1.165) is 57.1 Å². The van der Waals surface area contributed by atoms with Gasteiger partial charge in [-0.05, 0) is 75.0 Å². The van der Waals surface area contributed by atoms with Gasteiger partial charge in [-0.3, -0.25) is 4.57 Å². The number of allylic oxidation sites excluding steroid dienone is 4. The van der Waals surface area contributed by atoms with Gasteiger partial charge >= 0.3 is 0 Å². The van der Waals surface area contributed by atoms with Gasteiger partial charge in [0.1, 0.15) is 0 Å². The molecule has 0 atom stereocenters. The zero-order valence-corrected chi connectivity index (χ0v) is 30.4. The first kappa shape index (κ1) is 31.0. The van der Waals surface area contributed by atoms with E-state index in [9.17, 15) is 0 Å². The van der Waals surface area contributed by atoms with Crippen LogP contribution in [0.5, 0.6) is 0 Å². The van der Waals surface area contributed by atoms with Crippen molar-refractivity contribution in [1.29, 1.82) is 0 Å². The molecule has 0 aliphatic heterocycles. The second-order valence-electron chi connectivity index (χ2n) is 14.7. The molecule has 12 rings (SSSR count). The molecule has 56 heavy (non-hydrogen) atoms. The topological polar surface area (TPSA) is 48.5 Å². The maximum absolute atomic E-state index is 5.39. The maximum atomic E-state index is 5.39. The van der Waals surface area contributed by atoms with Crippen molar-refractivity contribution in [2.24, 2.45) is 0 Å². The molecule has 0 radical (unpaired) electrons. The van der Waals surface area contributed by atoms with Crippen molar-refractivity contribution >= 4 is 81.5 Å². The maximum Gasteiger partial charge on any atom is 0.238 e. The van der Waals surface area contributed by atoms with Crippen molar-refractivity contribution in [3.05, 3.63) is 182 Å². The minimum atomic E-state index is 0.604. The molecule has 1 aliphatic carbocycles. The normalized spacial score (nSPS) is 13.2. The van der Waals surface area contributed by atoms with E-state index in [1.807, 2.05) is 18.2 Å². The third-order valence-electron chi connectivity index (χ3n) is 11.6. The molecule has 11 aromatic rings. The Bertz CT molecular complexity index is 3480. The van der Waals surface area contributed by atoms with Crippen molar-refractivity contribution in [1.82, 2.24) is 24.1 Å². The fraction of sp³-hybridized carbons (Fsp3) is 0.0392. The highest BCUT2D eigenvalue weighted by Crippen LogP contribution is 2.45. The molecule has 3 aromatic heterocycles. The van der Waals surface area contributed by atoms with Gasteiger partial charge in [0.2, 0.25) is 5.95 Å². The standard InChI is InChI=1S/C51H33N5/c1-3-16-35(17-4-1)49-52-50(36-18-5-2-6-19-36)54-51(53-49)56-44-30-25-34-15-10-12-22-40(34)46(44)42-28-27-41-45-39-21-11-9-14-33(39)24-29-43(45)55(47(41)48(42)56)38-26-23-32-13-7-8-20-37(32)31-38/h1-5,7-18,20-31H,6,19H2. The van der Waals surface area contributed by atoms with Gasteiger partial charge in [0, 0.05) is 32.8 Å². The van der Waals surface area contributed by atoms with Crippen molar-refractivity contribution < 1.29 is 0 Å². The first-order valence-corrected chi connectivity index (χ1v) is 19.3. The summed E-state index contributed by atoms with van der Waals surface area (Å²) in [5, 5.41) is 12.0. The van der Waals surface area contributed by atoms with Crippen molar-refractivity contribution in [2.75, 3.05) is 0 Å². The molecule has 0 amide bonds. The lowest BCUT2D eigenvalue weighted by Gasteiger charge is -2.15. The van der Waals surface area contributed by atoms with E-state index in [4.69, 9.17) is 15.0 Å². The quantitative estimate of drug-likeness (QED) is 0.182. The molecule has 0 bridgehead atoms. The van der Waals surface area contributed by atoms with Crippen LogP contribution in [0.15, 0.2) is 176 Å². The number of hydrogen-bond acceptors (Lipinski definition) is 3. The Morgan fingerprint density at radius 1 is 0.446 bits per heavy atom. The van der Waals surface area contributed by atoms with Crippen molar-refractivity contribution in [2.45, 2.75) is 12.8 Å². The van der Waals surface area contributed by atoms with Crippen LogP contribution >= 0.6 is 0 Å². The minimum absolute atomic E-state index is 0.604. The van der Waals surface area contributed by atoms with Gasteiger partial charge in [-0.25, -0.2) is 4.98 Å². The molecule has 1 aliphatic rings. The van der Waals surface area contributed by atoms with Crippen molar-refractivity contribution in [3.8, 4) is 23.0 Å². The van der Waals surface area contributed by atoms with E-state index in [-0.39, 0.29) is 0 Å². The summed E-state index contributed by atoms with van der Waals surface area (Å²) in [5.74, 6) is 1.97. The Morgan fingerprint density at radius 3 is 1.73 bits per heavy atom. The second-order valence-corrected chi connectivity index (χ2v) is 14.7. The molecule has 0 spiro atoms. The zero-order chi connectivity index (χ0) is 36.7. The van der Waals surface area contributed by atoms with Gasteiger partial charge in [0.25, 0.3) is 0 Å². The third-order valence-corrected chi connectivity index (χ3v) is 11.6. The number of aromatic nitrogens is 5. The van der Waals surface area contributed by atoms with Gasteiger partial charge in [-0.15, -0.1) is 0 Å². The highest BCUT2D eigenvalue weighted by Gasteiger charge is 2.25. The summed E-state index contributed by atoms with van der Waals surface area (Å²) in [7, 11) is 0. The summed E-state index contributed by atoms with van der Waals surface area (Å²) < 4.78 is 4.78. The van der Waals surface area contributed by atoms with Crippen LogP contribution in [0.25, 0.3) is 105 Å². The lowest BCUT2D eigenvalue weighted by Crippen LogP contribution is -2.09. The Labute approximate surface area is 322 Å². The Kier molecular flexibility index (Phi) is 6.69. The van der Waals surface area contributed by atoms with E-state index in [1.54, 1.807) is 0 Å². The molecule has 0 saturated carbocycles. The van der Waals surface area contributed by atoms with Crippen LogP contribution < -0.4 is 0 Å². The lowest BCUT2D eigenvalue weighted by molar-refractivity contribution is 0.914.